The first-order chi connectivity index (χ1) is 6.60. The number of rotatable bonds is 7. The van der Waals surface area contributed by atoms with Crippen LogP contribution in [0.1, 0.15) is 27.2 Å². The molecule has 0 saturated heterocycles. The Hall–Kier alpha value is -0.240. The summed E-state index contributed by atoms with van der Waals surface area (Å²) in [6.07, 6.45) is 0.796. The second kappa shape index (κ2) is 8.10. The number of nitriles is 1. The average Bonchev–Trinajstić information content (AvgIpc) is 2.12. The molecule has 0 aliphatic carbocycles. The Balaban J connectivity index is 3.68. The minimum absolute atomic E-state index is 0.0823. The highest BCUT2D eigenvalue weighted by Gasteiger charge is 2.10. The quantitative estimate of drug-likeness (QED) is 0.675. The first-order valence-corrected chi connectivity index (χ1v) is 6.03. The monoisotopic (exact) mass is 216 g/mol. The van der Waals surface area contributed by atoms with Crippen LogP contribution in [0.2, 0.25) is 0 Å². The molecule has 0 aromatic heterocycles. The van der Waals surface area contributed by atoms with Crippen molar-refractivity contribution in [3.63, 3.8) is 0 Å². The van der Waals surface area contributed by atoms with E-state index >= 15 is 0 Å². The highest BCUT2D eigenvalue weighted by Crippen LogP contribution is 2.14. The van der Waals surface area contributed by atoms with Crippen LogP contribution < -0.4 is 5.32 Å². The lowest BCUT2D eigenvalue weighted by Gasteiger charge is -2.16. The van der Waals surface area contributed by atoms with E-state index in [0.717, 1.165) is 12.2 Å². The van der Waals surface area contributed by atoms with Crippen molar-refractivity contribution in [2.45, 2.75) is 44.5 Å². The van der Waals surface area contributed by atoms with E-state index in [2.05, 4.69) is 18.3 Å². The molecule has 82 valence electrons. The molecule has 0 bridgehead atoms. The Labute approximate surface area is 90.9 Å². The van der Waals surface area contributed by atoms with Crippen molar-refractivity contribution in [1.82, 2.24) is 5.32 Å². The Kier molecular flexibility index (Phi) is 7.96. The van der Waals surface area contributed by atoms with Gasteiger partial charge in [0.25, 0.3) is 0 Å². The van der Waals surface area contributed by atoms with Gasteiger partial charge in [0.1, 0.15) is 6.04 Å². The number of nitrogens with one attached hydrogen (secondary N) is 1. The molecule has 0 spiro atoms. The van der Waals surface area contributed by atoms with Gasteiger partial charge in [-0.3, -0.25) is 5.32 Å². The number of hydrogen-bond acceptors (Lipinski definition) is 4. The minimum Gasteiger partial charge on any atom is -0.396 e. The van der Waals surface area contributed by atoms with Gasteiger partial charge in [-0.05, 0) is 20.3 Å². The van der Waals surface area contributed by atoms with Crippen molar-refractivity contribution in [1.29, 1.82) is 5.26 Å². The van der Waals surface area contributed by atoms with Gasteiger partial charge in [-0.25, -0.2) is 0 Å². The molecular weight excluding hydrogens is 196 g/mol. The van der Waals surface area contributed by atoms with Crippen molar-refractivity contribution in [2.75, 3.05) is 12.4 Å². The second-order valence-corrected chi connectivity index (χ2v) is 5.13. The fourth-order valence-corrected chi connectivity index (χ4v) is 2.01. The Morgan fingerprint density at radius 3 is 2.50 bits per heavy atom. The Morgan fingerprint density at radius 1 is 1.43 bits per heavy atom. The molecule has 0 aliphatic rings. The second-order valence-electron chi connectivity index (χ2n) is 3.66. The molecule has 2 N–H and O–H groups in total. The third-order valence-electron chi connectivity index (χ3n) is 1.77. The molecule has 0 aliphatic heterocycles. The average molecular weight is 216 g/mol. The van der Waals surface area contributed by atoms with Crippen LogP contribution in [-0.4, -0.2) is 34.8 Å². The lowest BCUT2D eigenvalue weighted by molar-refractivity contribution is 0.289. The van der Waals surface area contributed by atoms with E-state index in [4.69, 9.17) is 10.4 Å². The molecule has 2 atom stereocenters. The standard InChI is InChI=1S/C10H20N2OS/c1-8(2)12-10(6-11)7-14-9(3)4-5-13/h8-10,12-13H,4-5,7H2,1-3H3. The van der Waals surface area contributed by atoms with Crippen molar-refractivity contribution in [3.8, 4) is 6.07 Å². The first-order valence-electron chi connectivity index (χ1n) is 4.98. The van der Waals surface area contributed by atoms with Crippen molar-refractivity contribution >= 4 is 11.8 Å². The Bertz CT molecular complexity index is 179. The maximum atomic E-state index is 8.84. The van der Waals surface area contributed by atoms with E-state index < -0.39 is 0 Å². The molecular formula is C10H20N2OS. The summed E-state index contributed by atoms with van der Waals surface area (Å²) in [7, 11) is 0. The predicted octanol–water partition coefficient (Wildman–Crippen LogP) is 1.38. The summed E-state index contributed by atoms with van der Waals surface area (Å²) in [4.78, 5) is 0. The van der Waals surface area contributed by atoms with Gasteiger partial charge >= 0.3 is 0 Å². The van der Waals surface area contributed by atoms with E-state index in [1.807, 2.05) is 13.8 Å². The summed E-state index contributed by atoms with van der Waals surface area (Å²) in [5, 5.41) is 21.2. The molecule has 0 aromatic carbocycles. The van der Waals surface area contributed by atoms with Crippen LogP contribution in [0.4, 0.5) is 0 Å². The van der Waals surface area contributed by atoms with E-state index in [1.165, 1.54) is 0 Å². The maximum Gasteiger partial charge on any atom is 0.105 e. The molecule has 0 fully saturated rings. The summed E-state index contributed by atoms with van der Waals surface area (Å²) < 4.78 is 0. The number of thioether (sulfide) groups is 1. The first kappa shape index (κ1) is 13.8. The lowest BCUT2D eigenvalue weighted by Crippen LogP contribution is -2.35. The van der Waals surface area contributed by atoms with E-state index in [0.29, 0.717) is 11.3 Å². The van der Waals surface area contributed by atoms with Crippen molar-refractivity contribution in [3.05, 3.63) is 0 Å². The lowest BCUT2D eigenvalue weighted by atomic mass is 10.3. The maximum absolute atomic E-state index is 8.84. The van der Waals surface area contributed by atoms with Crippen LogP contribution in [-0.2, 0) is 0 Å². The topological polar surface area (TPSA) is 56.0 Å². The third-order valence-corrected chi connectivity index (χ3v) is 3.10. The van der Waals surface area contributed by atoms with Gasteiger partial charge in [-0.1, -0.05) is 6.92 Å². The molecule has 0 rings (SSSR count). The predicted molar refractivity (Wildman–Crippen MR) is 61.3 cm³/mol. The number of hydrogen-bond donors (Lipinski definition) is 2. The molecule has 0 aromatic rings. The van der Waals surface area contributed by atoms with Gasteiger partial charge in [0, 0.05) is 23.7 Å². The van der Waals surface area contributed by atoms with Crippen LogP contribution in [0.5, 0.6) is 0 Å². The van der Waals surface area contributed by atoms with Crippen LogP contribution in [0, 0.1) is 11.3 Å². The van der Waals surface area contributed by atoms with Gasteiger partial charge in [0.15, 0.2) is 0 Å². The molecule has 14 heavy (non-hydrogen) atoms. The van der Waals surface area contributed by atoms with Gasteiger partial charge in [-0.15, -0.1) is 0 Å². The van der Waals surface area contributed by atoms with Crippen LogP contribution >= 0.6 is 11.8 Å². The van der Waals surface area contributed by atoms with Gasteiger partial charge in [0.05, 0.1) is 6.07 Å². The van der Waals surface area contributed by atoms with Crippen molar-refractivity contribution < 1.29 is 5.11 Å². The SMILES string of the molecule is CC(C)NC(C#N)CSC(C)CCO. The zero-order valence-corrected chi connectivity index (χ0v) is 9.97. The molecule has 0 radical (unpaired) electrons. The molecule has 2 unspecified atom stereocenters. The summed E-state index contributed by atoms with van der Waals surface area (Å²) in [6.45, 7) is 6.37. The highest BCUT2D eigenvalue weighted by molar-refractivity contribution is 7.99. The van der Waals surface area contributed by atoms with Crippen LogP contribution in [0.25, 0.3) is 0 Å². The summed E-state index contributed by atoms with van der Waals surface area (Å²) in [6, 6.07) is 2.50. The summed E-state index contributed by atoms with van der Waals surface area (Å²) in [5.74, 6) is 0.788. The minimum atomic E-state index is -0.0823. The molecule has 3 nitrogen and oxygen atoms in total. The molecule has 0 saturated carbocycles. The number of aliphatic hydroxyl groups excluding tert-OH is 1. The van der Waals surface area contributed by atoms with E-state index in [-0.39, 0.29) is 12.6 Å². The van der Waals surface area contributed by atoms with Crippen molar-refractivity contribution in [2.24, 2.45) is 0 Å². The Morgan fingerprint density at radius 2 is 2.07 bits per heavy atom. The molecule has 0 amide bonds. The van der Waals surface area contributed by atoms with Crippen LogP contribution in [0.15, 0.2) is 0 Å². The smallest absolute Gasteiger partial charge is 0.105 e. The largest absolute Gasteiger partial charge is 0.396 e. The zero-order valence-electron chi connectivity index (χ0n) is 9.16. The summed E-state index contributed by atoms with van der Waals surface area (Å²) >= 11 is 1.73. The van der Waals surface area contributed by atoms with Gasteiger partial charge < -0.3 is 5.11 Å². The normalized spacial score (nSPS) is 15.1. The van der Waals surface area contributed by atoms with E-state index in [1.54, 1.807) is 11.8 Å². The highest BCUT2D eigenvalue weighted by atomic mass is 32.2. The number of nitrogens with zero attached hydrogens (tertiary/aromatic N) is 1. The van der Waals surface area contributed by atoms with Crippen LogP contribution in [0.3, 0.4) is 0 Å². The fourth-order valence-electron chi connectivity index (χ4n) is 1.05. The van der Waals surface area contributed by atoms with Gasteiger partial charge in [0.2, 0.25) is 0 Å². The zero-order chi connectivity index (χ0) is 11.0. The summed E-state index contributed by atoms with van der Waals surface area (Å²) in [5.41, 5.74) is 0. The number of aliphatic hydroxyl groups is 1. The van der Waals surface area contributed by atoms with Gasteiger partial charge in [-0.2, -0.15) is 17.0 Å². The molecule has 0 heterocycles. The van der Waals surface area contributed by atoms with E-state index in [9.17, 15) is 0 Å². The third kappa shape index (κ3) is 7.19. The molecule has 4 heteroatoms. The fraction of sp³-hybridized carbons (Fsp3) is 0.900.